The van der Waals surface area contributed by atoms with Crippen LogP contribution in [0.4, 0.5) is 11.5 Å². The van der Waals surface area contributed by atoms with Crippen LogP contribution < -0.4 is 4.90 Å². The van der Waals surface area contributed by atoms with Crippen molar-refractivity contribution in [1.29, 1.82) is 5.26 Å². The number of nitrogens with zero attached hydrogens (tertiary/aromatic N) is 4. The number of nitro groups is 1. The molecular weight excluding hydrogens is 236 g/mol. The zero-order valence-electron chi connectivity index (χ0n) is 10.3. The quantitative estimate of drug-likeness (QED) is 0.429. The van der Waals surface area contributed by atoms with Gasteiger partial charge in [-0.2, -0.15) is 5.26 Å². The maximum absolute atomic E-state index is 11.0. The molecule has 1 heterocycles. The molecule has 0 amide bonds. The number of ether oxygens (including phenoxy) is 1. The van der Waals surface area contributed by atoms with E-state index in [0.29, 0.717) is 19.8 Å². The highest BCUT2D eigenvalue weighted by atomic mass is 16.6. The molecule has 0 bridgehead atoms. The first-order valence-electron chi connectivity index (χ1n) is 5.44. The van der Waals surface area contributed by atoms with Crippen LogP contribution in [-0.4, -0.2) is 36.7 Å². The van der Waals surface area contributed by atoms with Crippen molar-refractivity contribution in [3.8, 4) is 6.07 Å². The minimum atomic E-state index is -0.585. The fourth-order valence-electron chi connectivity index (χ4n) is 1.44. The molecule has 0 spiro atoms. The highest BCUT2D eigenvalue weighted by molar-refractivity contribution is 5.65. The van der Waals surface area contributed by atoms with Crippen molar-refractivity contribution in [3.63, 3.8) is 0 Å². The van der Waals surface area contributed by atoms with E-state index in [0.717, 1.165) is 0 Å². The van der Waals surface area contributed by atoms with Gasteiger partial charge >= 0.3 is 5.69 Å². The standard InChI is InChI=1S/C11H14N4O3/c1-3-18-7-6-14(2)11-10(15(16)17)9(8-12)4-5-13-11/h4-5H,3,6-7H2,1-2H3. The van der Waals surface area contributed by atoms with Crippen LogP contribution in [0.5, 0.6) is 0 Å². The summed E-state index contributed by atoms with van der Waals surface area (Å²) in [5.41, 5.74) is -0.257. The average Bonchev–Trinajstić information content (AvgIpc) is 2.37. The van der Waals surface area contributed by atoms with E-state index in [1.807, 2.05) is 6.92 Å². The Morgan fingerprint density at radius 3 is 2.94 bits per heavy atom. The summed E-state index contributed by atoms with van der Waals surface area (Å²) in [6.07, 6.45) is 1.39. The Balaban J connectivity index is 3.01. The van der Waals surface area contributed by atoms with E-state index in [1.165, 1.54) is 12.3 Å². The monoisotopic (exact) mass is 250 g/mol. The summed E-state index contributed by atoms with van der Waals surface area (Å²) in [6, 6.07) is 3.13. The summed E-state index contributed by atoms with van der Waals surface area (Å²) in [5.74, 6) is 0.179. The van der Waals surface area contributed by atoms with Gasteiger partial charge in [-0.3, -0.25) is 10.1 Å². The fraction of sp³-hybridized carbons (Fsp3) is 0.455. The van der Waals surface area contributed by atoms with Crippen molar-refractivity contribution < 1.29 is 9.66 Å². The van der Waals surface area contributed by atoms with E-state index >= 15 is 0 Å². The Hall–Kier alpha value is -2.20. The zero-order chi connectivity index (χ0) is 13.5. The minimum Gasteiger partial charge on any atom is -0.380 e. The molecule has 7 nitrogen and oxygen atoms in total. The maximum Gasteiger partial charge on any atom is 0.329 e. The lowest BCUT2D eigenvalue weighted by atomic mass is 10.2. The highest BCUT2D eigenvalue weighted by Crippen LogP contribution is 2.27. The Morgan fingerprint density at radius 2 is 2.39 bits per heavy atom. The number of hydrogen-bond donors (Lipinski definition) is 0. The van der Waals surface area contributed by atoms with E-state index in [-0.39, 0.29) is 17.1 Å². The number of rotatable bonds is 6. The van der Waals surface area contributed by atoms with Gasteiger partial charge < -0.3 is 9.64 Å². The molecular formula is C11H14N4O3. The summed E-state index contributed by atoms with van der Waals surface area (Å²) in [6.45, 7) is 3.37. The van der Waals surface area contributed by atoms with Crippen LogP contribution in [-0.2, 0) is 4.74 Å². The van der Waals surface area contributed by atoms with Gasteiger partial charge in [0.25, 0.3) is 0 Å². The average molecular weight is 250 g/mol. The number of aromatic nitrogens is 1. The maximum atomic E-state index is 11.0. The molecule has 0 aliphatic carbocycles. The van der Waals surface area contributed by atoms with Crippen LogP contribution in [0.25, 0.3) is 0 Å². The van der Waals surface area contributed by atoms with E-state index in [9.17, 15) is 10.1 Å². The molecule has 96 valence electrons. The van der Waals surface area contributed by atoms with Crippen molar-refractivity contribution in [3.05, 3.63) is 27.9 Å². The van der Waals surface area contributed by atoms with Gasteiger partial charge in [0.1, 0.15) is 11.6 Å². The van der Waals surface area contributed by atoms with Crippen molar-refractivity contribution in [2.24, 2.45) is 0 Å². The largest absolute Gasteiger partial charge is 0.380 e. The lowest BCUT2D eigenvalue weighted by Crippen LogP contribution is -2.24. The van der Waals surface area contributed by atoms with Gasteiger partial charge in [-0.15, -0.1) is 0 Å². The molecule has 18 heavy (non-hydrogen) atoms. The molecule has 1 aromatic rings. The van der Waals surface area contributed by atoms with E-state index in [2.05, 4.69) is 4.98 Å². The predicted octanol–water partition coefficient (Wildman–Crippen LogP) is 1.33. The topological polar surface area (TPSA) is 92.3 Å². The molecule has 1 aromatic heterocycles. The second-order valence-electron chi connectivity index (χ2n) is 3.52. The molecule has 0 atom stereocenters. The van der Waals surface area contributed by atoms with Gasteiger partial charge in [0.15, 0.2) is 0 Å². The van der Waals surface area contributed by atoms with Crippen molar-refractivity contribution >= 4 is 11.5 Å². The lowest BCUT2D eigenvalue weighted by molar-refractivity contribution is -0.384. The molecule has 0 saturated carbocycles. The Morgan fingerprint density at radius 1 is 1.67 bits per heavy atom. The molecule has 0 aliphatic heterocycles. The van der Waals surface area contributed by atoms with Gasteiger partial charge in [0.05, 0.1) is 11.5 Å². The van der Waals surface area contributed by atoms with Crippen LogP contribution in [0.3, 0.4) is 0 Å². The first-order valence-corrected chi connectivity index (χ1v) is 5.44. The van der Waals surface area contributed by atoms with Crippen LogP contribution in [0.15, 0.2) is 12.3 Å². The summed E-state index contributed by atoms with van der Waals surface area (Å²) in [5, 5.41) is 19.9. The first-order chi connectivity index (χ1) is 8.61. The third-order valence-corrected chi connectivity index (χ3v) is 2.34. The van der Waals surface area contributed by atoms with Gasteiger partial charge in [0.2, 0.25) is 5.82 Å². The van der Waals surface area contributed by atoms with E-state index < -0.39 is 4.92 Å². The molecule has 1 rings (SSSR count). The Labute approximate surface area is 105 Å². The molecule has 0 aromatic carbocycles. The third kappa shape index (κ3) is 3.15. The van der Waals surface area contributed by atoms with Crippen molar-refractivity contribution in [2.45, 2.75) is 6.92 Å². The normalized spacial score (nSPS) is 9.83. The first kappa shape index (κ1) is 13.9. The molecule has 0 aliphatic rings. The second-order valence-corrected chi connectivity index (χ2v) is 3.52. The van der Waals surface area contributed by atoms with Gasteiger partial charge in [0, 0.05) is 26.4 Å². The highest BCUT2D eigenvalue weighted by Gasteiger charge is 2.23. The summed E-state index contributed by atoms with van der Waals surface area (Å²) in [7, 11) is 1.68. The fourth-order valence-corrected chi connectivity index (χ4v) is 1.44. The number of pyridine rings is 1. The minimum absolute atomic E-state index is 0.00765. The summed E-state index contributed by atoms with van der Waals surface area (Å²) < 4.78 is 5.18. The van der Waals surface area contributed by atoms with Crippen LogP contribution in [0, 0.1) is 21.4 Å². The van der Waals surface area contributed by atoms with Gasteiger partial charge in [-0.25, -0.2) is 4.98 Å². The smallest absolute Gasteiger partial charge is 0.329 e. The van der Waals surface area contributed by atoms with E-state index in [4.69, 9.17) is 10.00 Å². The lowest BCUT2D eigenvalue weighted by Gasteiger charge is -2.17. The zero-order valence-corrected chi connectivity index (χ0v) is 10.3. The molecule has 7 heteroatoms. The van der Waals surface area contributed by atoms with Gasteiger partial charge in [-0.1, -0.05) is 0 Å². The molecule has 0 fully saturated rings. The van der Waals surface area contributed by atoms with Crippen LogP contribution in [0.2, 0.25) is 0 Å². The van der Waals surface area contributed by atoms with Crippen molar-refractivity contribution in [2.75, 3.05) is 31.7 Å². The van der Waals surface area contributed by atoms with E-state index in [1.54, 1.807) is 18.0 Å². The number of hydrogen-bond acceptors (Lipinski definition) is 6. The summed E-state index contributed by atoms with van der Waals surface area (Å²) >= 11 is 0. The number of likely N-dealkylation sites (N-methyl/N-ethyl adjacent to an activating group) is 1. The predicted molar refractivity (Wildman–Crippen MR) is 65.4 cm³/mol. The van der Waals surface area contributed by atoms with Gasteiger partial charge in [-0.05, 0) is 13.0 Å². The van der Waals surface area contributed by atoms with Crippen LogP contribution in [0.1, 0.15) is 12.5 Å². The molecule has 0 unspecified atom stereocenters. The molecule has 0 N–H and O–H groups in total. The number of anilines is 1. The Kier molecular flexibility index (Phi) is 5.02. The third-order valence-electron chi connectivity index (χ3n) is 2.34. The Bertz CT molecular complexity index is 470. The number of nitriles is 1. The SMILES string of the molecule is CCOCCN(C)c1nccc(C#N)c1[N+](=O)[O-]. The molecule has 0 radical (unpaired) electrons. The second kappa shape index (κ2) is 6.51. The molecule has 0 saturated heterocycles. The van der Waals surface area contributed by atoms with Crippen LogP contribution >= 0.6 is 0 Å². The summed E-state index contributed by atoms with van der Waals surface area (Å²) in [4.78, 5) is 16.0. The van der Waals surface area contributed by atoms with Crippen molar-refractivity contribution in [1.82, 2.24) is 4.98 Å².